The summed E-state index contributed by atoms with van der Waals surface area (Å²) in [6, 6.07) is 43.4. The van der Waals surface area contributed by atoms with Gasteiger partial charge in [0.2, 0.25) is 0 Å². The smallest absolute Gasteiger partial charge is 0.0972 e. The van der Waals surface area contributed by atoms with E-state index in [0.29, 0.717) is 0 Å². The Hall–Kier alpha value is -4.64. The van der Waals surface area contributed by atoms with E-state index in [1.54, 1.807) is 0 Å². The van der Waals surface area contributed by atoms with Crippen LogP contribution in [0.2, 0.25) is 0 Å². The summed E-state index contributed by atoms with van der Waals surface area (Å²) >= 11 is 3.68. The van der Waals surface area contributed by atoms with Gasteiger partial charge in [-0.05, 0) is 36.4 Å². The number of aromatic nitrogens is 2. The van der Waals surface area contributed by atoms with Crippen LogP contribution in [0.3, 0.4) is 0 Å². The molecule has 0 aliphatic heterocycles. The average Bonchev–Trinajstić information content (AvgIpc) is 3.59. The van der Waals surface area contributed by atoms with Crippen LogP contribution in [0.1, 0.15) is 0 Å². The Morgan fingerprint density at radius 1 is 0.375 bits per heavy atom. The number of rotatable bonds is 2. The van der Waals surface area contributed by atoms with Crippen molar-refractivity contribution in [2.24, 2.45) is 0 Å². The Morgan fingerprint density at radius 3 is 1.30 bits per heavy atom. The number of nitrogens with zero attached hydrogens (tertiary/aromatic N) is 2. The van der Waals surface area contributed by atoms with E-state index in [4.69, 9.17) is 9.97 Å². The number of pyridine rings is 2. The van der Waals surface area contributed by atoms with Crippen molar-refractivity contribution in [3.63, 3.8) is 0 Å². The van der Waals surface area contributed by atoms with E-state index in [0.717, 1.165) is 33.2 Å². The molecule has 0 fully saturated rings. The fourth-order valence-corrected chi connectivity index (χ4v) is 8.31. The molecule has 0 bridgehead atoms. The molecule has 9 rings (SSSR count). The van der Waals surface area contributed by atoms with Crippen LogP contribution in [-0.4, -0.2) is 9.97 Å². The molecular formula is C36H20N2S2. The first-order valence-corrected chi connectivity index (χ1v) is 15.0. The van der Waals surface area contributed by atoms with E-state index in [9.17, 15) is 0 Å². The summed E-state index contributed by atoms with van der Waals surface area (Å²) in [6.45, 7) is 0. The second kappa shape index (κ2) is 8.43. The second-order valence-corrected chi connectivity index (χ2v) is 12.3. The number of hydrogen-bond acceptors (Lipinski definition) is 4. The zero-order chi connectivity index (χ0) is 26.2. The largest absolute Gasteiger partial charge is 0.245 e. The maximum atomic E-state index is 5.29. The van der Waals surface area contributed by atoms with Crippen molar-refractivity contribution in [2.45, 2.75) is 0 Å². The summed E-state index contributed by atoms with van der Waals surface area (Å²) in [5.74, 6) is 0. The highest BCUT2D eigenvalue weighted by molar-refractivity contribution is 7.26. The SMILES string of the molecule is c1ccc2c(c1)sc1cccc(-c3ccc4ccc5ccc(-c6cccc7sc8ccccc8c67)nc5c4n3)c12. The molecule has 40 heavy (non-hydrogen) atoms. The van der Waals surface area contributed by atoms with Crippen molar-refractivity contribution in [3.8, 4) is 22.5 Å². The quantitative estimate of drug-likeness (QED) is 0.202. The van der Waals surface area contributed by atoms with Gasteiger partial charge in [-0.15, -0.1) is 22.7 Å². The van der Waals surface area contributed by atoms with E-state index >= 15 is 0 Å². The van der Waals surface area contributed by atoms with Crippen LogP contribution < -0.4 is 0 Å². The molecule has 0 radical (unpaired) electrons. The van der Waals surface area contributed by atoms with Gasteiger partial charge < -0.3 is 0 Å². The van der Waals surface area contributed by atoms with Gasteiger partial charge in [-0.1, -0.05) is 84.9 Å². The van der Waals surface area contributed by atoms with Gasteiger partial charge in [0, 0.05) is 62.2 Å². The van der Waals surface area contributed by atoms with Crippen molar-refractivity contribution in [1.29, 1.82) is 0 Å². The zero-order valence-corrected chi connectivity index (χ0v) is 22.9. The molecule has 0 spiro atoms. The maximum absolute atomic E-state index is 5.29. The minimum atomic E-state index is 0.940. The fourth-order valence-electron chi connectivity index (χ4n) is 6.04. The lowest BCUT2D eigenvalue weighted by Crippen LogP contribution is -1.91. The van der Waals surface area contributed by atoms with Crippen LogP contribution >= 0.6 is 22.7 Å². The van der Waals surface area contributed by atoms with Crippen molar-refractivity contribution in [1.82, 2.24) is 9.97 Å². The van der Waals surface area contributed by atoms with Gasteiger partial charge in [0.25, 0.3) is 0 Å². The predicted octanol–water partition coefficient (Wildman–Crippen LogP) is 10.9. The van der Waals surface area contributed by atoms with E-state index < -0.39 is 0 Å². The third kappa shape index (κ3) is 3.21. The second-order valence-electron chi connectivity index (χ2n) is 10.2. The molecule has 4 heterocycles. The molecule has 0 saturated carbocycles. The minimum absolute atomic E-state index is 0.940. The molecule has 186 valence electrons. The lowest BCUT2D eigenvalue weighted by molar-refractivity contribution is 1.37. The highest BCUT2D eigenvalue weighted by Gasteiger charge is 2.15. The van der Waals surface area contributed by atoms with Gasteiger partial charge in [-0.2, -0.15) is 0 Å². The first kappa shape index (κ1) is 22.2. The van der Waals surface area contributed by atoms with E-state index in [-0.39, 0.29) is 0 Å². The van der Waals surface area contributed by atoms with Gasteiger partial charge in [0.15, 0.2) is 0 Å². The summed E-state index contributed by atoms with van der Waals surface area (Å²) in [7, 11) is 0. The molecule has 0 atom stereocenters. The molecule has 4 heteroatoms. The third-order valence-corrected chi connectivity index (χ3v) is 10.1. The summed E-state index contributed by atoms with van der Waals surface area (Å²) in [5.41, 5.74) is 6.17. The highest BCUT2D eigenvalue weighted by atomic mass is 32.1. The zero-order valence-electron chi connectivity index (χ0n) is 21.3. The molecule has 0 amide bonds. The summed E-state index contributed by atoms with van der Waals surface area (Å²) in [4.78, 5) is 10.6. The molecule has 0 saturated heterocycles. The highest BCUT2D eigenvalue weighted by Crippen LogP contribution is 2.41. The number of benzene rings is 5. The molecule has 2 nitrogen and oxygen atoms in total. The fraction of sp³-hybridized carbons (Fsp3) is 0. The van der Waals surface area contributed by atoms with Crippen LogP contribution in [0, 0.1) is 0 Å². The Balaban J connectivity index is 1.30. The number of thiophene rings is 2. The number of fused-ring (bicyclic) bond motifs is 9. The topological polar surface area (TPSA) is 25.8 Å². The van der Waals surface area contributed by atoms with Gasteiger partial charge in [-0.3, -0.25) is 0 Å². The Bertz CT molecular complexity index is 2280. The van der Waals surface area contributed by atoms with Crippen LogP contribution in [0.5, 0.6) is 0 Å². The Morgan fingerprint density at radius 2 is 0.800 bits per heavy atom. The van der Waals surface area contributed by atoms with Crippen molar-refractivity contribution >= 4 is 84.8 Å². The first-order chi connectivity index (χ1) is 19.8. The molecule has 0 aliphatic carbocycles. The van der Waals surface area contributed by atoms with Crippen LogP contribution in [0.15, 0.2) is 121 Å². The average molecular weight is 545 g/mol. The third-order valence-electron chi connectivity index (χ3n) is 7.88. The minimum Gasteiger partial charge on any atom is -0.245 e. The first-order valence-electron chi connectivity index (χ1n) is 13.3. The van der Waals surface area contributed by atoms with Gasteiger partial charge in [0.05, 0.1) is 22.4 Å². The number of hydrogen-bond donors (Lipinski definition) is 0. The van der Waals surface area contributed by atoms with Gasteiger partial charge in [-0.25, -0.2) is 9.97 Å². The van der Waals surface area contributed by atoms with E-state index in [2.05, 4.69) is 121 Å². The van der Waals surface area contributed by atoms with Crippen LogP contribution in [-0.2, 0) is 0 Å². The Labute approximate surface area is 237 Å². The molecule has 0 N–H and O–H groups in total. The standard InChI is InChI=1S/C36H20N2S2/c1-3-11-29-25(7-1)33-23(9-5-13-31(33)39-29)27-19-17-21-15-16-22-18-20-28(38-36(22)35(21)37-27)24-10-6-14-32-34(24)26-8-2-4-12-30(26)40-32/h1-20H. The molecule has 0 unspecified atom stereocenters. The lowest BCUT2D eigenvalue weighted by atomic mass is 10.0. The van der Waals surface area contributed by atoms with Gasteiger partial charge >= 0.3 is 0 Å². The van der Waals surface area contributed by atoms with Crippen molar-refractivity contribution < 1.29 is 0 Å². The monoisotopic (exact) mass is 544 g/mol. The Kier molecular flexibility index (Phi) is 4.68. The molecule has 5 aromatic carbocycles. The summed E-state index contributed by atoms with van der Waals surface area (Å²) < 4.78 is 5.18. The van der Waals surface area contributed by atoms with Gasteiger partial charge in [0.1, 0.15) is 0 Å². The van der Waals surface area contributed by atoms with Crippen molar-refractivity contribution in [3.05, 3.63) is 121 Å². The van der Waals surface area contributed by atoms with Crippen LogP contribution in [0.4, 0.5) is 0 Å². The molecule has 0 aliphatic rings. The summed E-state index contributed by atoms with van der Waals surface area (Å²) in [6.07, 6.45) is 0. The molecular weight excluding hydrogens is 525 g/mol. The summed E-state index contributed by atoms with van der Waals surface area (Å²) in [5, 5.41) is 7.33. The normalized spacial score (nSPS) is 12.0. The lowest BCUT2D eigenvalue weighted by Gasteiger charge is -2.10. The van der Waals surface area contributed by atoms with Crippen LogP contribution in [0.25, 0.3) is 84.7 Å². The predicted molar refractivity (Wildman–Crippen MR) is 174 cm³/mol. The molecule has 9 aromatic rings. The van der Waals surface area contributed by atoms with Crippen molar-refractivity contribution in [2.75, 3.05) is 0 Å². The van der Waals surface area contributed by atoms with E-state index in [1.807, 2.05) is 22.7 Å². The maximum Gasteiger partial charge on any atom is 0.0972 e. The molecule has 4 aromatic heterocycles. The van der Waals surface area contributed by atoms with E-state index in [1.165, 1.54) is 51.5 Å².